The van der Waals surface area contributed by atoms with Gasteiger partial charge < -0.3 is 14.6 Å². The average molecular weight is 332 g/mol. The second-order valence-electron chi connectivity index (χ2n) is 4.82. The lowest BCUT2D eigenvalue weighted by molar-refractivity contribution is 0.0698. The molecule has 2 aromatic carbocycles. The van der Waals surface area contributed by atoms with Gasteiger partial charge in [0.25, 0.3) is 0 Å². The molecular weight excluding hydrogens is 319 g/mol. The quantitative estimate of drug-likeness (QED) is 0.756. The minimum Gasteiger partial charge on any atom is -0.494 e. The average Bonchev–Trinajstić information content (AvgIpc) is 2.90. The first-order valence-electron chi connectivity index (χ1n) is 6.80. The van der Waals surface area contributed by atoms with Gasteiger partial charge in [-0.2, -0.15) is 0 Å². The highest BCUT2D eigenvalue weighted by Gasteiger charge is 2.21. The maximum absolute atomic E-state index is 13.8. The molecule has 0 radical (unpaired) electrons. The molecule has 1 heterocycles. The Balaban J connectivity index is 2.05. The van der Waals surface area contributed by atoms with Gasteiger partial charge in [0.15, 0.2) is 22.2 Å². The Morgan fingerprint density at radius 2 is 2.00 bits per heavy atom. The molecule has 0 aliphatic heterocycles. The Morgan fingerprint density at radius 3 is 2.65 bits per heavy atom. The maximum atomic E-state index is 13.8. The number of ether oxygens (including phenoxy) is 2. The van der Waals surface area contributed by atoms with E-state index in [2.05, 4.69) is 0 Å². The van der Waals surface area contributed by atoms with E-state index in [0.29, 0.717) is 10.1 Å². The number of carboxylic acid groups (broad SMARTS) is 1. The summed E-state index contributed by atoms with van der Waals surface area (Å²) in [6, 6.07) is 12.1. The number of benzene rings is 2. The maximum Gasteiger partial charge on any atom is 0.349 e. The number of fused-ring (bicyclic) bond motifs is 1. The number of halogens is 1. The zero-order valence-electron chi connectivity index (χ0n) is 12.2. The number of aromatic carboxylic acids is 1. The van der Waals surface area contributed by atoms with E-state index in [9.17, 15) is 14.3 Å². The predicted octanol–water partition coefficient (Wildman–Crippen LogP) is 4.33. The predicted molar refractivity (Wildman–Crippen MR) is 86.1 cm³/mol. The molecule has 0 aliphatic rings. The first kappa shape index (κ1) is 15.3. The number of methoxy groups -OCH3 is 1. The van der Waals surface area contributed by atoms with Crippen molar-refractivity contribution in [2.75, 3.05) is 7.11 Å². The summed E-state index contributed by atoms with van der Waals surface area (Å²) in [5.74, 6) is -1.35. The van der Waals surface area contributed by atoms with Crippen LogP contribution in [0.1, 0.15) is 15.2 Å². The van der Waals surface area contributed by atoms with E-state index >= 15 is 0 Å². The fraction of sp³-hybridized carbons (Fsp3) is 0.118. The molecule has 3 rings (SSSR count). The molecule has 0 bridgehead atoms. The first-order chi connectivity index (χ1) is 11.1. The van der Waals surface area contributed by atoms with Gasteiger partial charge >= 0.3 is 5.97 Å². The van der Waals surface area contributed by atoms with Crippen molar-refractivity contribution >= 4 is 27.4 Å². The van der Waals surface area contributed by atoms with Crippen LogP contribution in [-0.2, 0) is 6.61 Å². The van der Waals surface area contributed by atoms with Crippen molar-refractivity contribution in [3.05, 3.63) is 58.7 Å². The van der Waals surface area contributed by atoms with Gasteiger partial charge in [0, 0.05) is 10.1 Å². The van der Waals surface area contributed by atoms with Gasteiger partial charge in [0.2, 0.25) is 0 Å². The number of thiophene rings is 1. The summed E-state index contributed by atoms with van der Waals surface area (Å²) in [6.07, 6.45) is 0. The van der Waals surface area contributed by atoms with Gasteiger partial charge in [-0.05, 0) is 17.7 Å². The minimum absolute atomic E-state index is 0.0450. The van der Waals surface area contributed by atoms with E-state index in [4.69, 9.17) is 9.47 Å². The Hall–Kier alpha value is -2.60. The molecule has 3 aromatic rings. The third kappa shape index (κ3) is 2.98. The topological polar surface area (TPSA) is 55.8 Å². The van der Waals surface area contributed by atoms with Crippen molar-refractivity contribution in [2.45, 2.75) is 6.61 Å². The molecule has 0 aliphatic carbocycles. The van der Waals surface area contributed by atoms with Crippen LogP contribution in [0.4, 0.5) is 4.39 Å². The summed E-state index contributed by atoms with van der Waals surface area (Å²) >= 11 is 0.980. The number of hydrogen-bond acceptors (Lipinski definition) is 4. The van der Waals surface area contributed by atoms with Gasteiger partial charge in [-0.1, -0.05) is 30.3 Å². The second-order valence-corrected chi connectivity index (χ2v) is 5.87. The highest BCUT2D eigenvalue weighted by atomic mass is 32.1. The standard InChI is InChI=1S/C17H13FO4S/c1-21-13-7-11-14(8-12(13)18)23-16(17(19)20)15(11)22-9-10-5-3-2-4-6-10/h2-8H,9H2,1H3,(H,19,20). The molecule has 1 N–H and O–H groups in total. The smallest absolute Gasteiger partial charge is 0.349 e. The molecular formula is C17H13FO4S. The summed E-state index contributed by atoms with van der Waals surface area (Å²) in [5, 5.41) is 9.89. The van der Waals surface area contributed by atoms with Gasteiger partial charge in [-0.3, -0.25) is 0 Å². The number of carboxylic acids is 1. The molecule has 1 aromatic heterocycles. The summed E-state index contributed by atoms with van der Waals surface area (Å²) in [7, 11) is 1.36. The van der Waals surface area contributed by atoms with Crippen LogP contribution in [0.25, 0.3) is 10.1 Å². The Labute approximate surface area is 135 Å². The van der Waals surface area contributed by atoms with Crippen LogP contribution in [0.3, 0.4) is 0 Å². The van der Waals surface area contributed by atoms with Crippen LogP contribution in [-0.4, -0.2) is 18.2 Å². The fourth-order valence-electron chi connectivity index (χ4n) is 2.25. The Kier molecular flexibility index (Phi) is 4.16. The summed E-state index contributed by atoms with van der Waals surface area (Å²) in [5.41, 5.74) is 0.914. The van der Waals surface area contributed by atoms with Crippen molar-refractivity contribution in [3.8, 4) is 11.5 Å². The lowest BCUT2D eigenvalue weighted by Crippen LogP contribution is -2.00. The number of rotatable bonds is 5. The van der Waals surface area contributed by atoms with E-state index in [1.165, 1.54) is 19.2 Å². The van der Waals surface area contributed by atoms with Crippen LogP contribution >= 0.6 is 11.3 Å². The first-order valence-corrected chi connectivity index (χ1v) is 7.62. The fourth-order valence-corrected chi connectivity index (χ4v) is 3.24. The SMILES string of the molecule is COc1cc2c(OCc3ccccc3)c(C(=O)O)sc2cc1F. The van der Waals surface area contributed by atoms with E-state index in [0.717, 1.165) is 16.9 Å². The molecule has 0 saturated carbocycles. The van der Waals surface area contributed by atoms with Crippen molar-refractivity contribution in [3.63, 3.8) is 0 Å². The monoisotopic (exact) mass is 332 g/mol. The molecule has 6 heteroatoms. The number of carbonyl (C=O) groups is 1. The third-order valence-corrected chi connectivity index (χ3v) is 4.46. The molecule has 0 fully saturated rings. The van der Waals surface area contributed by atoms with Crippen molar-refractivity contribution < 1.29 is 23.8 Å². The highest BCUT2D eigenvalue weighted by molar-refractivity contribution is 7.21. The van der Waals surface area contributed by atoms with E-state index in [-0.39, 0.29) is 23.0 Å². The minimum atomic E-state index is -1.10. The molecule has 0 unspecified atom stereocenters. The van der Waals surface area contributed by atoms with Crippen LogP contribution in [0.5, 0.6) is 11.5 Å². The molecule has 0 spiro atoms. The third-order valence-electron chi connectivity index (χ3n) is 3.34. The van der Waals surface area contributed by atoms with Gasteiger partial charge in [-0.25, -0.2) is 9.18 Å². The van der Waals surface area contributed by atoms with E-state index < -0.39 is 11.8 Å². The van der Waals surface area contributed by atoms with Gasteiger partial charge in [0.1, 0.15) is 6.61 Å². The zero-order valence-corrected chi connectivity index (χ0v) is 13.0. The molecule has 0 atom stereocenters. The second kappa shape index (κ2) is 6.26. The van der Waals surface area contributed by atoms with Gasteiger partial charge in [0.05, 0.1) is 7.11 Å². The van der Waals surface area contributed by atoms with E-state index in [1.807, 2.05) is 30.3 Å². The zero-order chi connectivity index (χ0) is 16.4. The van der Waals surface area contributed by atoms with Crippen LogP contribution in [0.2, 0.25) is 0 Å². The lowest BCUT2D eigenvalue weighted by atomic mass is 10.2. The molecule has 0 saturated heterocycles. The Morgan fingerprint density at radius 1 is 1.26 bits per heavy atom. The Bertz CT molecular complexity index is 858. The summed E-state index contributed by atoms with van der Waals surface area (Å²) < 4.78 is 25.0. The normalized spacial score (nSPS) is 10.7. The van der Waals surface area contributed by atoms with E-state index in [1.54, 1.807) is 0 Å². The van der Waals surface area contributed by atoms with Crippen molar-refractivity contribution in [1.82, 2.24) is 0 Å². The van der Waals surface area contributed by atoms with Crippen LogP contribution < -0.4 is 9.47 Å². The molecule has 0 amide bonds. The largest absolute Gasteiger partial charge is 0.494 e. The summed E-state index contributed by atoms with van der Waals surface area (Å²) in [4.78, 5) is 11.5. The molecule has 23 heavy (non-hydrogen) atoms. The van der Waals surface area contributed by atoms with Crippen LogP contribution in [0.15, 0.2) is 42.5 Å². The van der Waals surface area contributed by atoms with Crippen LogP contribution in [0, 0.1) is 5.82 Å². The van der Waals surface area contributed by atoms with Crippen molar-refractivity contribution in [2.24, 2.45) is 0 Å². The highest BCUT2D eigenvalue weighted by Crippen LogP contribution is 2.41. The molecule has 118 valence electrons. The number of hydrogen-bond donors (Lipinski definition) is 1. The lowest BCUT2D eigenvalue weighted by Gasteiger charge is -2.07. The van der Waals surface area contributed by atoms with Crippen molar-refractivity contribution in [1.29, 1.82) is 0 Å². The summed E-state index contributed by atoms with van der Waals surface area (Å²) in [6.45, 7) is 0.229. The van der Waals surface area contributed by atoms with Gasteiger partial charge in [-0.15, -0.1) is 11.3 Å². The molecule has 4 nitrogen and oxygen atoms in total.